The molecule has 0 aliphatic carbocycles. The molecule has 1 aromatic carbocycles. The van der Waals surface area contributed by atoms with Gasteiger partial charge in [-0.05, 0) is 35.7 Å². The van der Waals surface area contributed by atoms with Crippen LogP contribution in [0.4, 0.5) is 5.69 Å². The average Bonchev–Trinajstić information content (AvgIpc) is 3.14. The van der Waals surface area contributed by atoms with Crippen molar-refractivity contribution in [1.82, 2.24) is 19.7 Å². The SMILES string of the molecule is C=CCn1c(COc2ccc(C(C)C)cc2)nnc1SCC(=O)Nc1cccnc1Cl. The summed E-state index contributed by atoms with van der Waals surface area (Å²) in [5.41, 5.74) is 1.73. The van der Waals surface area contributed by atoms with Gasteiger partial charge >= 0.3 is 0 Å². The highest BCUT2D eigenvalue weighted by molar-refractivity contribution is 7.99. The normalized spacial score (nSPS) is 10.8. The summed E-state index contributed by atoms with van der Waals surface area (Å²) < 4.78 is 7.76. The van der Waals surface area contributed by atoms with Crippen LogP contribution >= 0.6 is 23.4 Å². The molecule has 9 heteroatoms. The molecule has 0 spiro atoms. The molecular weight excluding hydrogens is 434 g/mol. The van der Waals surface area contributed by atoms with E-state index in [1.807, 2.05) is 16.7 Å². The first-order valence-electron chi connectivity index (χ1n) is 9.76. The predicted molar refractivity (Wildman–Crippen MR) is 124 cm³/mol. The number of rotatable bonds is 10. The highest BCUT2D eigenvalue weighted by Gasteiger charge is 2.15. The molecule has 3 rings (SSSR count). The molecule has 0 unspecified atom stereocenters. The summed E-state index contributed by atoms with van der Waals surface area (Å²) in [7, 11) is 0. The van der Waals surface area contributed by atoms with E-state index >= 15 is 0 Å². The molecular formula is C22H24ClN5O2S. The zero-order valence-electron chi connectivity index (χ0n) is 17.4. The van der Waals surface area contributed by atoms with Gasteiger partial charge in [0.25, 0.3) is 0 Å². The van der Waals surface area contributed by atoms with Crippen molar-refractivity contribution in [3.63, 3.8) is 0 Å². The molecule has 0 aliphatic rings. The molecule has 162 valence electrons. The second-order valence-corrected chi connectivity index (χ2v) is 8.29. The first-order chi connectivity index (χ1) is 15.0. The number of pyridine rings is 1. The average molecular weight is 458 g/mol. The zero-order valence-corrected chi connectivity index (χ0v) is 19.0. The fourth-order valence-corrected chi connectivity index (χ4v) is 3.67. The number of hydrogen-bond acceptors (Lipinski definition) is 6. The quantitative estimate of drug-likeness (QED) is 0.263. The minimum Gasteiger partial charge on any atom is -0.486 e. The molecule has 0 fully saturated rings. The van der Waals surface area contributed by atoms with Crippen molar-refractivity contribution in [3.8, 4) is 5.75 Å². The van der Waals surface area contributed by atoms with Gasteiger partial charge in [-0.25, -0.2) is 4.98 Å². The monoisotopic (exact) mass is 457 g/mol. The van der Waals surface area contributed by atoms with E-state index < -0.39 is 0 Å². The van der Waals surface area contributed by atoms with Crippen LogP contribution in [0, 0.1) is 0 Å². The maximum atomic E-state index is 12.3. The Morgan fingerprint density at radius 1 is 1.29 bits per heavy atom. The Morgan fingerprint density at radius 2 is 2.06 bits per heavy atom. The number of aromatic nitrogens is 4. The number of carbonyl (C=O) groups excluding carboxylic acids is 1. The lowest BCUT2D eigenvalue weighted by atomic mass is 10.0. The minimum atomic E-state index is -0.212. The lowest BCUT2D eigenvalue weighted by Crippen LogP contribution is -2.15. The number of nitrogens with zero attached hydrogens (tertiary/aromatic N) is 4. The molecule has 0 aliphatic heterocycles. The molecule has 0 saturated carbocycles. The van der Waals surface area contributed by atoms with Gasteiger partial charge in [-0.1, -0.05) is 55.4 Å². The Balaban J connectivity index is 1.61. The van der Waals surface area contributed by atoms with Crippen LogP contribution in [0.3, 0.4) is 0 Å². The van der Waals surface area contributed by atoms with Gasteiger partial charge in [-0.2, -0.15) is 0 Å². The van der Waals surface area contributed by atoms with E-state index in [1.165, 1.54) is 17.3 Å². The van der Waals surface area contributed by atoms with Crippen molar-refractivity contribution in [2.24, 2.45) is 0 Å². The number of halogens is 1. The first kappa shape index (κ1) is 22.8. The number of nitrogens with one attached hydrogen (secondary N) is 1. The van der Waals surface area contributed by atoms with Crippen LogP contribution in [0.1, 0.15) is 31.2 Å². The Kier molecular flexibility index (Phi) is 8.08. The Hall–Kier alpha value is -2.84. The van der Waals surface area contributed by atoms with Crippen molar-refractivity contribution in [2.45, 2.75) is 38.1 Å². The van der Waals surface area contributed by atoms with Crippen LogP contribution in [-0.2, 0) is 17.9 Å². The van der Waals surface area contributed by atoms with Crippen LogP contribution in [0.15, 0.2) is 60.4 Å². The van der Waals surface area contributed by atoms with Crippen molar-refractivity contribution < 1.29 is 9.53 Å². The topological polar surface area (TPSA) is 81.9 Å². The van der Waals surface area contributed by atoms with Crippen LogP contribution in [-0.4, -0.2) is 31.4 Å². The van der Waals surface area contributed by atoms with Gasteiger partial charge in [0.2, 0.25) is 5.91 Å². The van der Waals surface area contributed by atoms with Gasteiger partial charge in [0.15, 0.2) is 16.1 Å². The smallest absolute Gasteiger partial charge is 0.234 e. The van der Waals surface area contributed by atoms with Gasteiger partial charge in [-0.3, -0.25) is 9.36 Å². The van der Waals surface area contributed by atoms with Crippen molar-refractivity contribution in [1.29, 1.82) is 0 Å². The molecule has 0 atom stereocenters. The number of ether oxygens (including phenoxy) is 1. The zero-order chi connectivity index (χ0) is 22.2. The molecule has 7 nitrogen and oxygen atoms in total. The number of allylic oxidation sites excluding steroid dienone is 1. The number of anilines is 1. The molecule has 0 radical (unpaired) electrons. The first-order valence-corrected chi connectivity index (χ1v) is 11.1. The lowest BCUT2D eigenvalue weighted by molar-refractivity contribution is -0.113. The van der Waals surface area contributed by atoms with Crippen LogP contribution in [0.25, 0.3) is 0 Å². The summed E-state index contributed by atoms with van der Waals surface area (Å²) >= 11 is 7.26. The number of thioether (sulfide) groups is 1. The maximum Gasteiger partial charge on any atom is 0.234 e. The van der Waals surface area contributed by atoms with E-state index in [2.05, 4.69) is 53.1 Å². The van der Waals surface area contributed by atoms with Gasteiger partial charge in [0.1, 0.15) is 12.4 Å². The minimum absolute atomic E-state index is 0.151. The van der Waals surface area contributed by atoms with E-state index in [1.54, 1.807) is 24.4 Å². The number of hydrogen-bond donors (Lipinski definition) is 1. The Labute approximate surface area is 190 Å². The molecule has 2 aromatic heterocycles. The summed E-state index contributed by atoms with van der Waals surface area (Å²) in [5, 5.41) is 12.0. The van der Waals surface area contributed by atoms with Crippen LogP contribution in [0.2, 0.25) is 5.15 Å². The Morgan fingerprint density at radius 3 is 2.74 bits per heavy atom. The summed E-state index contributed by atoms with van der Waals surface area (Å²) in [6.07, 6.45) is 3.32. The van der Waals surface area contributed by atoms with E-state index in [0.29, 0.717) is 29.1 Å². The predicted octanol–water partition coefficient (Wildman–Crippen LogP) is 4.95. The summed E-state index contributed by atoms with van der Waals surface area (Å²) in [6, 6.07) is 11.4. The molecule has 1 N–H and O–H groups in total. The maximum absolute atomic E-state index is 12.3. The second-order valence-electron chi connectivity index (χ2n) is 6.99. The number of benzene rings is 1. The van der Waals surface area contributed by atoms with E-state index in [-0.39, 0.29) is 23.4 Å². The number of carbonyl (C=O) groups is 1. The van der Waals surface area contributed by atoms with E-state index in [9.17, 15) is 4.79 Å². The van der Waals surface area contributed by atoms with Crippen molar-refractivity contribution in [2.75, 3.05) is 11.1 Å². The van der Waals surface area contributed by atoms with Gasteiger partial charge < -0.3 is 10.1 Å². The molecule has 3 aromatic rings. The molecule has 1 amide bonds. The number of amides is 1. The molecule has 2 heterocycles. The largest absolute Gasteiger partial charge is 0.486 e. The standard InChI is InChI=1S/C22H24ClN5O2S/c1-4-12-28-19(13-30-17-9-7-16(8-10-17)15(2)3)26-27-22(28)31-14-20(29)25-18-6-5-11-24-21(18)23/h4-11,15H,1,12-14H2,2-3H3,(H,25,29). The summed E-state index contributed by atoms with van der Waals surface area (Å²) in [5.74, 6) is 1.83. The fraction of sp³-hybridized carbons (Fsp3) is 0.273. The third-order valence-corrected chi connectivity index (χ3v) is 5.65. The van der Waals surface area contributed by atoms with Gasteiger partial charge in [0.05, 0.1) is 11.4 Å². The fourth-order valence-electron chi connectivity index (χ4n) is 2.74. The van der Waals surface area contributed by atoms with Crippen LogP contribution < -0.4 is 10.1 Å². The van der Waals surface area contributed by atoms with Crippen molar-refractivity contribution in [3.05, 3.63) is 71.8 Å². The van der Waals surface area contributed by atoms with E-state index in [4.69, 9.17) is 16.3 Å². The third kappa shape index (κ3) is 6.32. The van der Waals surface area contributed by atoms with Gasteiger partial charge in [0, 0.05) is 12.7 Å². The highest BCUT2D eigenvalue weighted by atomic mass is 35.5. The lowest BCUT2D eigenvalue weighted by Gasteiger charge is -2.10. The second kappa shape index (κ2) is 11.0. The van der Waals surface area contributed by atoms with Gasteiger partial charge in [-0.15, -0.1) is 16.8 Å². The van der Waals surface area contributed by atoms with Crippen molar-refractivity contribution >= 4 is 35.0 Å². The van der Waals surface area contributed by atoms with Crippen LogP contribution in [0.5, 0.6) is 5.75 Å². The highest BCUT2D eigenvalue weighted by Crippen LogP contribution is 2.22. The summed E-state index contributed by atoms with van der Waals surface area (Å²) in [6.45, 7) is 8.87. The molecule has 31 heavy (non-hydrogen) atoms. The Bertz CT molecular complexity index is 1040. The molecule has 0 bridgehead atoms. The molecule has 0 saturated heterocycles. The third-order valence-electron chi connectivity index (χ3n) is 4.39. The summed E-state index contributed by atoms with van der Waals surface area (Å²) in [4.78, 5) is 16.2. The van der Waals surface area contributed by atoms with E-state index in [0.717, 1.165) is 5.75 Å².